The monoisotopic (exact) mass is 307 g/mol. The number of anilines is 1. The van der Waals surface area contributed by atoms with Crippen molar-refractivity contribution in [3.05, 3.63) is 54.1 Å². The molecule has 0 aliphatic heterocycles. The first-order valence-corrected chi connectivity index (χ1v) is 7.46. The maximum absolute atomic E-state index is 11.4. The Morgan fingerprint density at radius 1 is 0.957 bits per heavy atom. The van der Waals surface area contributed by atoms with Crippen LogP contribution in [0.4, 0.5) is 5.69 Å². The minimum atomic E-state index is -0.0165. The molecule has 116 valence electrons. The van der Waals surface area contributed by atoms with Gasteiger partial charge >= 0.3 is 0 Å². The molecule has 0 aliphatic rings. The van der Waals surface area contributed by atoms with Crippen LogP contribution in [0.1, 0.15) is 18.9 Å². The van der Waals surface area contributed by atoms with Crippen molar-refractivity contribution in [2.75, 3.05) is 5.32 Å². The Hall–Kier alpha value is -2.95. The first-order valence-electron chi connectivity index (χ1n) is 7.46. The van der Waals surface area contributed by atoms with Crippen LogP contribution in [0.3, 0.4) is 0 Å². The van der Waals surface area contributed by atoms with Gasteiger partial charge in [0, 0.05) is 23.2 Å². The predicted molar refractivity (Wildman–Crippen MR) is 88.8 cm³/mol. The zero-order valence-electron chi connectivity index (χ0n) is 13.0. The number of benzene rings is 2. The van der Waals surface area contributed by atoms with Crippen LogP contribution in [-0.4, -0.2) is 16.1 Å². The summed E-state index contributed by atoms with van der Waals surface area (Å²) in [5, 5.41) is 11.0. The summed E-state index contributed by atoms with van der Waals surface area (Å²) in [6, 6.07) is 15.2. The number of nitrogens with zero attached hydrogens (tertiary/aromatic N) is 2. The molecule has 0 saturated carbocycles. The summed E-state index contributed by atoms with van der Waals surface area (Å²) in [6.07, 6.45) is 0.450. The van der Waals surface area contributed by atoms with Crippen LogP contribution >= 0.6 is 0 Å². The van der Waals surface area contributed by atoms with Crippen molar-refractivity contribution in [1.29, 1.82) is 0 Å². The highest BCUT2D eigenvalue weighted by Gasteiger charge is 2.10. The fourth-order valence-electron chi connectivity index (χ4n) is 2.10. The Morgan fingerprint density at radius 3 is 2.00 bits per heavy atom. The van der Waals surface area contributed by atoms with Gasteiger partial charge in [-0.05, 0) is 43.3 Å². The van der Waals surface area contributed by atoms with E-state index in [0.29, 0.717) is 18.2 Å². The van der Waals surface area contributed by atoms with E-state index in [1.165, 1.54) is 5.56 Å². The largest absolute Gasteiger partial charge is 0.416 e. The molecular formula is C18H17N3O2. The van der Waals surface area contributed by atoms with Gasteiger partial charge in [0.25, 0.3) is 0 Å². The Balaban J connectivity index is 1.80. The molecule has 5 nitrogen and oxygen atoms in total. The van der Waals surface area contributed by atoms with E-state index in [0.717, 1.165) is 16.8 Å². The van der Waals surface area contributed by atoms with Gasteiger partial charge in [0.15, 0.2) is 0 Å². The zero-order chi connectivity index (χ0) is 16.2. The Morgan fingerprint density at radius 2 is 1.48 bits per heavy atom. The van der Waals surface area contributed by atoms with Gasteiger partial charge in [-0.3, -0.25) is 4.79 Å². The molecule has 3 aromatic rings. The number of aryl methyl sites for hydroxylation is 1. The number of carbonyl (C=O) groups is 1. The number of nitrogens with one attached hydrogen (secondary N) is 1. The van der Waals surface area contributed by atoms with E-state index in [-0.39, 0.29) is 5.91 Å². The Bertz CT molecular complexity index is 805. The van der Waals surface area contributed by atoms with Gasteiger partial charge in [0.2, 0.25) is 17.7 Å². The van der Waals surface area contributed by atoms with E-state index in [2.05, 4.69) is 15.5 Å². The van der Waals surface area contributed by atoms with Crippen molar-refractivity contribution in [2.24, 2.45) is 0 Å². The van der Waals surface area contributed by atoms with Gasteiger partial charge in [-0.25, -0.2) is 0 Å². The van der Waals surface area contributed by atoms with E-state index < -0.39 is 0 Å². The maximum Gasteiger partial charge on any atom is 0.248 e. The second kappa shape index (κ2) is 6.44. The fourth-order valence-corrected chi connectivity index (χ4v) is 2.10. The van der Waals surface area contributed by atoms with Crippen molar-refractivity contribution >= 4 is 11.6 Å². The maximum atomic E-state index is 11.4. The molecule has 0 saturated heterocycles. The van der Waals surface area contributed by atoms with Crippen molar-refractivity contribution < 1.29 is 9.21 Å². The lowest BCUT2D eigenvalue weighted by Crippen LogP contribution is -2.08. The van der Waals surface area contributed by atoms with Crippen LogP contribution in [0.2, 0.25) is 0 Å². The quantitative estimate of drug-likeness (QED) is 0.789. The van der Waals surface area contributed by atoms with Crippen molar-refractivity contribution in [2.45, 2.75) is 20.3 Å². The second-order valence-electron chi connectivity index (χ2n) is 5.26. The third-order valence-electron chi connectivity index (χ3n) is 3.46. The van der Waals surface area contributed by atoms with Gasteiger partial charge in [-0.15, -0.1) is 10.2 Å². The average Bonchev–Trinajstić information content (AvgIpc) is 3.06. The number of rotatable bonds is 4. The lowest BCUT2D eigenvalue weighted by molar-refractivity contribution is -0.115. The van der Waals surface area contributed by atoms with Crippen LogP contribution < -0.4 is 5.32 Å². The molecule has 0 spiro atoms. The summed E-state index contributed by atoms with van der Waals surface area (Å²) < 4.78 is 5.73. The van der Waals surface area contributed by atoms with E-state index in [1.807, 2.05) is 62.4 Å². The molecule has 1 amide bonds. The molecule has 2 aromatic carbocycles. The predicted octanol–water partition coefficient (Wildman–Crippen LogP) is 4.06. The SMILES string of the molecule is CCC(=O)Nc1ccc(-c2nnc(-c3ccc(C)cc3)o2)cc1. The molecular weight excluding hydrogens is 290 g/mol. The second-order valence-corrected chi connectivity index (χ2v) is 5.26. The molecule has 1 heterocycles. The molecule has 0 aliphatic carbocycles. The third kappa shape index (κ3) is 3.45. The van der Waals surface area contributed by atoms with E-state index in [4.69, 9.17) is 4.42 Å². The van der Waals surface area contributed by atoms with Gasteiger partial charge in [0.05, 0.1) is 0 Å². The Kier molecular flexibility index (Phi) is 4.19. The number of hydrogen-bond donors (Lipinski definition) is 1. The van der Waals surface area contributed by atoms with E-state index in [1.54, 1.807) is 0 Å². The molecule has 3 rings (SSSR count). The summed E-state index contributed by atoms with van der Waals surface area (Å²) in [7, 11) is 0. The first kappa shape index (κ1) is 15.0. The minimum Gasteiger partial charge on any atom is -0.416 e. The molecule has 0 unspecified atom stereocenters. The lowest BCUT2D eigenvalue weighted by atomic mass is 10.1. The van der Waals surface area contributed by atoms with Crippen LogP contribution in [0.5, 0.6) is 0 Å². The number of hydrogen-bond acceptors (Lipinski definition) is 4. The van der Waals surface area contributed by atoms with Gasteiger partial charge < -0.3 is 9.73 Å². The standard InChI is InChI=1S/C18H17N3O2/c1-3-16(22)19-15-10-8-14(9-11-15)18-21-20-17(23-18)13-6-4-12(2)5-7-13/h4-11H,3H2,1-2H3,(H,19,22). The van der Waals surface area contributed by atoms with E-state index in [9.17, 15) is 4.79 Å². The molecule has 5 heteroatoms. The fraction of sp³-hybridized carbons (Fsp3) is 0.167. The topological polar surface area (TPSA) is 68.0 Å². The first-order chi connectivity index (χ1) is 11.2. The van der Waals surface area contributed by atoms with Gasteiger partial charge in [0.1, 0.15) is 0 Å². The van der Waals surface area contributed by atoms with Gasteiger partial charge in [-0.1, -0.05) is 24.6 Å². The number of amides is 1. The van der Waals surface area contributed by atoms with Crippen LogP contribution in [0.15, 0.2) is 52.9 Å². The number of aromatic nitrogens is 2. The molecule has 0 radical (unpaired) electrons. The molecule has 0 bridgehead atoms. The van der Waals surface area contributed by atoms with Crippen molar-refractivity contribution in [3.8, 4) is 22.9 Å². The lowest BCUT2D eigenvalue weighted by Gasteiger charge is -2.03. The van der Waals surface area contributed by atoms with Crippen LogP contribution in [0, 0.1) is 6.92 Å². The van der Waals surface area contributed by atoms with Crippen LogP contribution in [-0.2, 0) is 4.79 Å². The zero-order valence-corrected chi connectivity index (χ0v) is 13.0. The summed E-state index contributed by atoms with van der Waals surface area (Å²) in [5.41, 5.74) is 3.63. The third-order valence-corrected chi connectivity index (χ3v) is 3.46. The molecule has 23 heavy (non-hydrogen) atoms. The Labute approximate surface area is 134 Å². The minimum absolute atomic E-state index is 0.0165. The molecule has 0 atom stereocenters. The van der Waals surface area contributed by atoms with Crippen molar-refractivity contribution in [1.82, 2.24) is 10.2 Å². The smallest absolute Gasteiger partial charge is 0.248 e. The van der Waals surface area contributed by atoms with E-state index >= 15 is 0 Å². The highest BCUT2D eigenvalue weighted by atomic mass is 16.4. The van der Waals surface area contributed by atoms with Crippen LogP contribution in [0.25, 0.3) is 22.9 Å². The highest BCUT2D eigenvalue weighted by Crippen LogP contribution is 2.25. The molecule has 1 N–H and O–H groups in total. The summed E-state index contributed by atoms with van der Waals surface area (Å²) >= 11 is 0. The average molecular weight is 307 g/mol. The molecule has 0 fully saturated rings. The summed E-state index contributed by atoms with van der Waals surface area (Å²) in [4.78, 5) is 11.4. The number of carbonyl (C=O) groups excluding carboxylic acids is 1. The highest BCUT2D eigenvalue weighted by molar-refractivity contribution is 5.90. The summed E-state index contributed by atoms with van der Waals surface area (Å²) in [5.74, 6) is 0.925. The molecule has 1 aromatic heterocycles. The summed E-state index contributed by atoms with van der Waals surface area (Å²) in [6.45, 7) is 3.84. The van der Waals surface area contributed by atoms with Crippen molar-refractivity contribution in [3.63, 3.8) is 0 Å². The normalized spacial score (nSPS) is 10.5. The van der Waals surface area contributed by atoms with Gasteiger partial charge in [-0.2, -0.15) is 0 Å².